The van der Waals surface area contributed by atoms with Crippen molar-refractivity contribution >= 4 is 44.3 Å². The summed E-state index contributed by atoms with van der Waals surface area (Å²) in [7, 11) is 0. The Morgan fingerprint density at radius 1 is 1.13 bits per heavy atom. The van der Waals surface area contributed by atoms with Crippen molar-refractivity contribution in [3.05, 3.63) is 75.2 Å². The van der Waals surface area contributed by atoms with Crippen molar-refractivity contribution in [1.29, 1.82) is 0 Å². The van der Waals surface area contributed by atoms with Crippen molar-refractivity contribution in [2.75, 3.05) is 0 Å². The van der Waals surface area contributed by atoms with Crippen LogP contribution >= 0.6 is 27.5 Å². The number of hydrogen-bond acceptors (Lipinski definition) is 2. The molecule has 3 aromatic carbocycles. The normalized spacial score (nSPS) is 10.7. The number of rotatable bonds is 4. The average molecular weight is 392 g/mol. The second-order valence-corrected chi connectivity index (χ2v) is 6.26. The Morgan fingerprint density at radius 2 is 1.87 bits per heavy atom. The molecule has 0 aromatic heterocycles. The van der Waals surface area contributed by atoms with E-state index in [2.05, 4.69) is 15.9 Å². The Kier molecular flexibility index (Phi) is 4.55. The Bertz CT molecular complexity index is 864. The quantitative estimate of drug-likeness (QED) is 0.636. The highest BCUT2D eigenvalue weighted by Gasteiger charge is 2.13. The summed E-state index contributed by atoms with van der Waals surface area (Å²) in [5.74, 6) is -0.599. The molecule has 0 amide bonds. The van der Waals surface area contributed by atoms with Crippen LogP contribution in [0.2, 0.25) is 5.02 Å². The van der Waals surface area contributed by atoms with E-state index in [1.165, 1.54) is 12.1 Å². The third-order valence-electron chi connectivity index (χ3n) is 3.50. The van der Waals surface area contributed by atoms with Gasteiger partial charge in [0.1, 0.15) is 6.61 Å². The van der Waals surface area contributed by atoms with E-state index in [0.717, 1.165) is 16.3 Å². The largest absolute Gasteiger partial charge is 0.486 e. The Hall–Kier alpha value is -2.04. The number of fused-ring (bicyclic) bond motifs is 1. The zero-order valence-corrected chi connectivity index (χ0v) is 14.3. The van der Waals surface area contributed by atoms with Crippen LogP contribution in [0.5, 0.6) is 5.75 Å². The molecule has 0 unspecified atom stereocenters. The molecule has 3 rings (SSSR count). The molecule has 0 saturated heterocycles. The topological polar surface area (TPSA) is 46.5 Å². The van der Waals surface area contributed by atoms with Gasteiger partial charge >= 0.3 is 5.97 Å². The molecule has 0 heterocycles. The molecule has 0 saturated carbocycles. The molecular formula is C18H12BrClO3. The number of benzene rings is 3. The first-order valence-electron chi connectivity index (χ1n) is 6.88. The van der Waals surface area contributed by atoms with Crippen LogP contribution in [0.3, 0.4) is 0 Å². The zero-order valence-electron chi connectivity index (χ0n) is 11.9. The highest BCUT2D eigenvalue weighted by molar-refractivity contribution is 9.10. The maximum absolute atomic E-state index is 11.0. The monoisotopic (exact) mass is 390 g/mol. The molecular weight excluding hydrogens is 380 g/mol. The van der Waals surface area contributed by atoms with Gasteiger partial charge in [-0.05, 0) is 44.4 Å². The molecule has 23 heavy (non-hydrogen) atoms. The fraction of sp³-hybridized carbons (Fsp3) is 0.0556. The summed E-state index contributed by atoms with van der Waals surface area (Å²) in [6.45, 7) is 0.339. The van der Waals surface area contributed by atoms with Crippen molar-refractivity contribution in [2.45, 2.75) is 6.61 Å². The molecule has 0 atom stereocenters. The van der Waals surface area contributed by atoms with E-state index >= 15 is 0 Å². The van der Waals surface area contributed by atoms with Crippen LogP contribution < -0.4 is 4.74 Å². The number of carboxylic acids is 1. The third-order valence-corrected chi connectivity index (χ3v) is 4.37. The van der Waals surface area contributed by atoms with Gasteiger partial charge < -0.3 is 9.84 Å². The van der Waals surface area contributed by atoms with Crippen molar-refractivity contribution < 1.29 is 14.6 Å². The Labute approximate surface area is 146 Å². The summed E-state index contributed by atoms with van der Waals surface area (Å²) < 4.78 is 6.34. The first-order valence-corrected chi connectivity index (χ1v) is 8.05. The minimum Gasteiger partial charge on any atom is -0.486 e. The molecule has 3 nitrogen and oxygen atoms in total. The molecule has 0 fully saturated rings. The maximum Gasteiger partial charge on any atom is 0.335 e. The van der Waals surface area contributed by atoms with Gasteiger partial charge in [0.2, 0.25) is 0 Å². The van der Waals surface area contributed by atoms with Crippen LogP contribution in [0.1, 0.15) is 15.9 Å². The van der Waals surface area contributed by atoms with E-state index in [-0.39, 0.29) is 10.6 Å². The molecule has 116 valence electrons. The Morgan fingerprint density at radius 3 is 2.61 bits per heavy atom. The summed E-state index contributed by atoms with van der Waals surface area (Å²) in [4.78, 5) is 11.0. The molecule has 5 heteroatoms. The lowest BCUT2D eigenvalue weighted by Crippen LogP contribution is -2.01. The number of halogens is 2. The number of aromatic carboxylic acids is 1. The van der Waals surface area contributed by atoms with Gasteiger partial charge in [-0.25, -0.2) is 4.79 Å². The van der Waals surface area contributed by atoms with Crippen LogP contribution in [0, 0.1) is 0 Å². The number of carboxylic acid groups (broad SMARTS) is 1. The molecule has 0 bridgehead atoms. The zero-order chi connectivity index (χ0) is 16.4. The summed E-state index contributed by atoms with van der Waals surface area (Å²) >= 11 is 9.46. The van der Waals surface area contributed by atoms with Crippen LogP contribution in [0.4, 0.5) is 0 Å². The molecule has 1 N–H and O–H groups in total. The lowest BCUT2D eigenvalue weighted by atomic mass is 10.1. The van der Waals surface area contributed by atoms with Crippen LogP contribution in [-0.2, 0) is 6.61 Å². The maximum atomic E-state index is 11.0. The van der Waals surface area contributed by atoms with Crippen molar-refractivity contribution in [3.63, 3.8) is 0 Å². The first-order chi connectivity index (χ1) is 11.1. The molecule has 0 aliphatic heterocycles. The van der Waals surface area contributed by atoms with Gasteiger partial charge in [-0.15, -0.1) is 0 Å². The van der Waals surface area contributed by atoms with Gasteiger partial charge in [0.15, 0.2) is 5.75 Å². The third kappa shape index (κ3) is 3.33. The van der Waals surface area contributed by atoms with Crippen LogP contribution in [-0.4, -0.2) is 11.1 Å². The minimum atomic E-state index is -1.03. The predicted molar refractivity (Wildman–Crippen MR) is 94.4 cm³/mol. The predicted octanol–water partition coefficient (Wildman–Crippen LogP) is 5.53. The summed E-state index contributed by atoms with van der Waals surface area (Å²) in [5, 5.41) is 11.5. The van der Waals surface area contributed by atoms with Crippen molar-refractivity contribution in [2.24, 2.45) is 0 Å². The van der Waals surface area contributed by atoms with Crippen LogP contribution in [0.15, 0.2) is 59.1 Å². The van der Waals surface area contributed by atoms with E-state index in [9.17, 15) is 4.79 Å². The summed E-state index contributed by atoms with van der Waals surface area (Å²) in [6.07, 6.45) is 0. The summed E-state index contributed by atoms with van der Waals surface area (Å²) in [6, 6.07) is 16.9. The molecule has 0 aliphatic carbocycles. The van der Waals surface area contributed by atoms with E-state index in [1.54, 1.807) is 0 Å². The smallest absolute Gasteiger partial charge is 0.335 e. The van der Waals surface area contributed by atoms with E-state index in [0.29, 0.717) is 16.8 Å². The van der Waals surface area contributed by atoms with Gasteiger partial charge in [-0.1, -0.05) is 54.1 Å². The number of hydrogen-bond donors (Lipinski definition) is 1. The van der Waals surface area contributed by atoms with E-state index in [1.807, 2.05) is 42.5 Å². The van der Waals surface area contributed by atoms with Crippen LogP contribution in [0.25, 0.3) is 10.8 Å². The number of ether oxygens (including phenoxy) is 1. The summed E-state index contributed by atoms with van der Waals surface area (Å²) in [5.41, 5.74) is 1.15. The fourth-order valence-electron chi connectivity index (χ4n) is 2.39. The van der Waals surface area contributed by atoms with E-state index in [4.69, 9.17) is 21.4 Å². The molecule has 0 radical (unpaired) electrons. The molecule has 0 aliphatic rings. The van der Waals surface area contributed by atoms with Gasteiger partial charge in [0, 0.05) is 0 Å². The van der Waals surface area contributed by atoms with Crippen molar-refractivity contribution in [1.82, 2.24) is 0 Å². The lowest BCUT2D eigenvalue weighted by Gasteiger charge is -2.12. The second-order valence-electron chi connectivity index (χ2n) is 5.00. The van der Waals surface area contributed by atoms with Gasteiger partial charge in [0.25, 0.3) is 0 Å². The fourth-order valence-corrected chi connectivity index (χ4v) is 3.35. The van der Waals surface area contributed by atoms with E-state index < -0.39 is 5.97 Å². The highest BCUT2D eigenvalue weighted by atomic mass is 79.9. The van der Waals surface area contributed by atoms with Gasteiger partial charge in [-0.3, -0.25) is 0 Å². The number of carbonyl (C=O) groups is 1. The Balaban J connectivity index is 1.90. The average Bonchev–Trinajstić information content (AvgIpc) is 2.54. The minimum absolute atomic E-state index is 0.111. The first kappa shape index (κ1) is 15.8. The standard InChI is InChI=1S/C18H12BrClO3/c19-15-8-13(18(21)22)9-16(20)17(15)23-10-12-6-3-5-11-4-1-2-7-14(11)12/h1-9H,10H2,(H,21,22). The highest BCUT2D eigenvalue weighted by Crippen LogP contribution is 2.35. The second kappa shape index (κ2) is 6.60. The lowest BCUT2D eigenvalue weighted by molar-refractivity contribution is 0.0696. The molecule has 0 spiro atoms. The van der Waals surface area contributed by atoms with Gasteiger partial charge in [-0.2, -0.15) is 0 Å². The van der Waals surface area contributed by atoms with Crippen molar-refractivity contribution in [3.8, 4) is 5.75 Å². The van der Waals surface area contributed by atoms with Gasteiger partial charge in [0.05, 0.1) is 15.1 Å². The SMILES string of the molecule is O=C(O)c1cc(Cl)c(OCc2cccc3ccccc23)c(Br)c1. The molecule has 3 aromatic rings.